The fourth-order valence-corrected chi connectivity index (χ4v) is 1.06. The largest absolute Gasteiger partial charge is 0.480 e. The standard InChI is InChI=1S/C7H9BrN2O2/c1-4-6(8)3-10(9-4)5(2)7(11)12/h3,5H,1-2H3,(H,11,12)/t5-/m0/s1. The summed E-state index contributed by atoms with van der Waals surface area (Å²) in [5.74, 6) is -0.884. The summed E-state index contributed by atoms with van der Waals surface area (Å²) >= 11 is 3.26. The number of nitrogens with zero attached hydrogens (tertiary/aromatic N) is 2. The van der Waals surface area contributed by atoms with Gasteiger partial charge in [-0.15, -0.1) is 0 Å². The zero-order valence-electron chi connectivity index (χ0n) is 6.78. The normalized spacial score (nSPS) is 12.9. The number of aromatic nitrogens is 2. The summed E-state index contributed by atoms with van der Waals surface area (Å²) in [5.41, 5.74) is 0.795. The minimum atomic E-state index is -0.884. The second kappa shape index (κ2) is 3.26. The molecule has 1 atom stereocenters. The van der Waals surface area contributed by atoms with Crippen molar-refractivity contribution in [2.24, 2.45) is 0 Å². The topological polar surface area (TPSA) is 55.1 Å². The van der Waals surface area contributed by atoms with E-state index < -0.39 is 12.0 Å². The van der Waals surface area contributed by atoms with Crippen LogP contribution in [0.15, 0.2) is 10.7 Å². The molecule has 0 saturated carbocycles. The fourth-order valence-electron chi connectivity index (χ4n) is 0.771. The highest BCUT2D eigenvalue weighted by molar-refractivity contribution is 9.10. The molecule has 0 spiro atoms. The van der Waals surface area contributed by atoms with Crippen LogP contribution in [-0.2, 0) is 4.79 Å². The highest BCUT2D eigenvalue weighted by Crippen LogP contribution is 2.16. The van der Waals surface area contributed by atoms with Gasteiger partial charge in [-0.2, -0.15) is 5.10 Å². The summed E-state index contributed by atoms with van der Waals surface area (Å²) in [4.78, 5) is 10.5. The Kier molecular flexibility index (Phi) is 2.52. The summed E-state index contributed by atoms with van der Waals surface area (Å²) < 4.78 is 2.25. The van der Waals surface area contributed by atoms with Gasteiger partial charge in [0, 0.05) is 6.20 Å². The van der Waals surface area contributed by atoms with E-state index in [4.69, 9.17) is 5.11 Å². The highest BCUT2D eigenvalue weighted by Gasteiger charge is 2.14. The van der Waals surface area contributed by atoms with Crippen molar-refractivity contribution in [2.45, 2.75) is 19.9 Å². The third kappa shape index (κ3) is 1.66. The summed E-state index contributed by atoms with van der Waals surface area (Å²) in [6, 6.07) is -0.616. The molecule has 66 valence electrons. The maximum Gasteiger partial charge on any atom is 0.328 e. The van der Waals surface area contributed by atoms with Gasteiger partial charge in [-0.05, 0) is 29.8 Å². The van der Waals surface area contributed by atoms with Crippen LogP contribution in [-0.4, -0.2) is 20.9 Å². The Morgan fingerprint density at radius 2 is 2.42 bits per heavy atom. The van der Waals surface area contributed by atoms with Crippen LogP contribution in [0.3, 0.4) is 0 Å². The Labute approximate surface area is 78.3 Å². The summed E-state index contributed by atoms with van der Waals surface area (Å²) in [6.07, 6.45) is 1.66. The van der Waals surface area contributed by atoms with Crippen LogP contribution in [0.1, 0.15) is 18.7 Å². The van der Waals surface area contributed by atoms with Crippen molar-refractivity contribution in [1.82, 2.24) is 9.78 Å². The van der Waals surface area contributed by atoms with E-state index in [1.165, 1.54) is 4.68 Å². The van der Waals surface area contributed by atoms with Crippen LogP contribution >= 0.6 is 15.9 Å². The minimum Gasteiger partial charge on any atom is -0.480 e. The Balaban J connectivity index is 2.96. The molecule has 0 bridgehead atoms. The summed E-state index contributed by atoms with van der Waals surface area (Å²) in [6.45, 7) is 3.40. The molecule has 0 saturated heterocycles. The molecular formula is C7H9BrN2O2. The number of aryl methyl sites for hydroxylation is 1. The van der Waals surface area contributed by atoms with Gasteiger partial charge in [-0.25, -0.2) is 4.79 Å². The van der Waals surface area contributed by atoms with Crippen molar-refractivity contribution in [3.05, 3.63) is 16.4 Å². The number of carboxylic acids is 1. The van der Waals surface area contributed by atoms with E-state index in [1.807, 2.05) is 6.92 Å². The van der Waals surface area contributed by atoms with E-state index in [0.29, 0.717) is 0 Å². The number of rotatable bonds is 2. The Morgan fingerprint density at radius 3 is 2.75 bits per heavy atom. The molecule has 1 heterocycles. The maximum absolute atomic E-state index is 10.5. The van der Waals surface area contributed by atoms with Gasteiger partial charge in [-0.3, -0.25) is 4.68 Å². The van der Waals surface area contributed by atoms with E-state index in [2.05, 4.69) is 21.0 Å². The molecule has 1 aromatic heterocycles. The first-order chi connectivity index (χ1) is 5.52. The predicted octanol–water partition coefficient (Wildman–Crippen LogP) is 1.60. The molecule has 1 aromatic rings. The first-order valence-corrected chi connectivity index (χ1v) is 4.25. The summed E-state index contributed by atoms with van der Waals surface area (Å²) in [5, 5.41) is 12.7. The third-order valence-corrected chi connectivity index (χ3v) is 2.39. The number of hydrogen-bond acceptors (Lipinski definition) is 2. The molecule has 0 aliphatic heterocycles. The number of aliphatic carboxylic acids is 1. The lowest BCUT2D eigenvalue weighted by Crippen LogP contribution is -2.15. The summed E-state index contributed by atoms with van der Waals surface area (Å²) in [7, 11) is 0. The molecule has 0 fully saturated rings. The van der Waals surface area contributed by atoms with E-state index >= 15 is 0 Å². The molecule has 0 aromatic carbocycles. The van der Waals surface area contributed by atoms with E-state index in [0.717, 1.165) is 10.2 Å². The molecule has 12 heavy (non-hydrogen) atoms. The van der Waals surface area contributed by atoms with Crippen molar-refractivity contribution in [2.75, 3.05) is 0 Å². The van der Waals surface area contributed by atoms with Gasteiger partial charge in [0.25, 0.3) is 0 Å². The van der Waals surface area contributed by atoms with E-state index in [9.17, 15) is 4.79 Å². The van der Waals surface area contributed by atoms with Crippen LogP contribution in [0, 0.1) is 6.92 Å². The average Bonchev–Trinajstić information content (AvgIpc) is 2.30. The van der Waals surface area contributed by atoms with Crippen molar-refractivity contribution in [3.63, 3.8) is 0 Å². The molecule has 0 radical (unpaired) electrons. The SMILES string of the molecule is Cc1nn([C@@H](C)C(=O)O)cc1Br. The number of carbonyl (C=O) groups is 1. The zero-order valence-corrected chi connectivity index (χ0v) is 8.37. The van der Waals surface area contributed by atoms with Crippen LogP contribution in [0.5, 0.6) is 0 Å². The molecule has 0 unspecified atom stereocenters. The lowest BCUT2D eigenvalue weighted by atomic mass is 10.4. The first kappa shape index (κ1) is 9.25. The molecule has 1 rings (SSSR count). The molecule has 1 N–H and O–H groups in total. The Hall–Kier alpha value is -0.840. The van der Waals surface area contributed by atoms with Gasteiger partial charge >= 0.3 is 5.97 Å². The number of hydrogen-bond donors (Lipinski definition) is 1. The van der Waals surface area contributed by atoms with Gasteiger partial charge in [0.1, 0.15) is 6.04 Å². The van der Waals surface area contributed by atoms with Crippen LogP contribution < -0.4 is 0 Å². The first-order valence-electron chi connectivity index (χ1n) is 3.46. The quantitative estimate of drug-likeness (QED) is 0.843. The fraction of sp³-hybridized carbons (Fsp3) is 0.429. The average molecular weight is 233 g/mol. The van der Waals surface area contributed by atoms with E-state index in [1.54, 1.807) is 13.1 Å². The van der Waals surface area contributed by atoms with Crippen LogP contribution in [0.25, 0.3) is 0 Å². The van der Waals surface area contributed by atoms with Crippen molar-refractivity contribution in [1.29, 1.82) is 0 Å². The number of carboxylic acid groups (broad SMARTS) is 1. The molecular weight excluding hydrogens is 224 g/mol. The van der Waals surface area contributed by atoms with Gasteiger partial charge in [0.2, 0.25) is 0 Å². The molecule has 0 aliphatic rings. The van der Waals surface area contributed by atoms with Crippen LogP contribution in [0.4, 0.5) is 0 Å². The molecule has 0 amide bonds. The van der Waals surface area contributed by atoms with E-state index in [-0.39, 0.29) is 0 Å². The highest BCUT2D eigenvalue weighted by atomic mass is 79.9. The monoisotopic (exact) mass is 232 g/mol. The van der Waals surface area contributed by atoms with Gasteiger partial charge in [-0.1, -0.05) is 0 Å². The Bertz CT molecular complexity index is 289. The second-order valence-corrected chi connectivity index (χ2v) is 3.41. The maximum atomic E-state index is 10.5. The van der Waals surface area contributed by atoms with Crippen molar-refractivity contribution in [3.8, 4) is 0 Å². The van der Waals surface area contributed by atoms with Crippen molar-refractivity contribution >= 4 is 21.9 Å². The predicted molar refractivity (Wildman–Crippen MR) is 47.0 cm³/mol. The van der Waals surface area contributed by atoms with Gasteiger partial charge in [0.15, 0.2) is 0 Å². The zero-order chi connectivity index (χ0) is 9.30. The van der Waals surface area contributed by atoms with Gasteiger partial charge in [0.05, 0.1) is 10.2 Å². The molecule has 5 heteroatoms. The van der Waals surface area contributed by atoms with Gasteiger partial charge < -0.3 is 5.11 Å². The lowest BCUT2D eigenvalue weighted by molar-refractivity contribution is -0.140. The lowest BCUT2D eigenvalue weighted by Gasteiger charge is -2.04. The third-order valence-electron chi connectivity index (χ3n) is 1.61. The van der Waals surface area contributed by atoms with Crippen molar-refractivity contribution < 1.29 is 9.90 Å². The minimum absolute atomic E-state index is 0.616. The number of halogens is 1. The second-order valence-electron chi connectivity index (χ2n) is 2.56. The molecule has 4 nitrogen and oxygen atoms in total. The smallest absolute Gasteiger partial charge is 0.328 e. The molecule has 0 aliphatic carbocycles. The van der Waals surface area contributed by atoms with Crippen LogP contribution in [0.2, 0.25) is 0 Å². The Morgan fingerprint density at radius 1 is 1.83 bits per heavy atom.